The maximum atomic E-state index is 14.1. The van der Waals surface area contributed by atoms with Crippen molar-refractivity contribution in [1.29, 1.82) is 0 Å². The van der Waals surface area contributed by atoms with E-state index in [2.05, 4.69) is 0 Å². The fraction of sp³-hybridized carbons (Fsp3) is 0.417. The van der Waals surface area contributed by atoms with Gasteiger partial charge in [-0.3, -0.25) is 4.79 Å². The zero-order valence-electron chi connectivity index (χ0n) is 9.60. The van der Waals surface area contributed by atoms with Crippen molar-refractivity contribution < 1.29 is 23.4 Å². The van der Waals surface area contributed by atoms with E-state index in [4.69, 9.17) is 16.3 Å². The van der Waals surface area contributed by atoms with Gasteiger partial charge in [0.2, 0.25) is 0 Å². The molecule has 0 unspecified atom stereocenters. The van der Waals surface area contributed by atoms with Crippen LogP contribution in [0.2, 0.25) is 5.02 Å². The fourth-order valence-electron chi connectivity index (χ4n) is 2.31. The molecule has 2 rings (SSSR count). The number of aliphatic carboxylic acids is 1. The van der Waals surface area contributed by atoms with Crippen molar-refractivity contribution in [2.75, 3.05) is 7.11 Å². The Labute approximate surface area is 107 Å². The van der Waals surface area contributed by atoms with E-state index in [1.807, 2.05) is 0 Å². The van der Waals surface area contributed by atoms with Gasteiger partial charge in [0.1, 0.15) is 5.82 Å². The van der Waals surface area contributed by atoms with E-state index in [1.165, 1.54) is 7.11 Å². The molecular weight excluding hydrogens is 266 g/mol. The molecule has 0 amide bonds. The molecule has 1 aliphatic rings. The Morgan fingerprint density at radius 3 is 2.50 bits per heavy atom. The van der Waals surface area contributed by atoms with Crippen molar-refractivity contribution >= 4 is 17.6 Å². The molecule has 0 aliphatic heterocycles. The second-order valence-electron chi connectivity index (χ2n) is 4.30. The average molecular weight is 277 g/mol. The molecule has 0 saturated heterocycles. The summed E-state index contributed by atoms with van der Waals surface area (Å²) in [5, 5.41) is 8.84. The van der Waals surface area contributed by atoms with E-state index in [9.17, 15) is 18.7 Å². The molecule has 1 saturated carbocycles. The highest BCUT2D eigenvalue weighted by atomic mass is 35.5. The van der Waals surface area contributed by atoms with E-state index in [-0.39, 0.29) is 24.2 Å². The Hall–Kier alpha value is -1.36. The van der Waals surface area contributed by atoms with Gasteiger partial charge < -0.3 is 9.84 Å². The molecular formula is C12H11ClF2O3. The van der Waals surface area contributed by atoms with Gasteiger partial charge in [-0.15, -0.1) is 0 Å². The lowest BCUT2D eigenvalue weighted by Crippen LogP contribution is -2.43. The van der Waals surface area contributed by atoms with Gasteiger partial charge in [0.05, 0.1) is 23.1 Å². The molecule has 6 heteroatoms. The number of benzene rings is 1. The Morgan fingerprint density at radius 2 is 2.11 bits per heavy atom. The van der Waals surface area contributed by atoms with Crippen molar-refractivity contribution in [3.05, 3.63) is 28.3 Å². The van der Waals surface area contributed by atoms with Gasteiger partial charge in [-0.2, -0.15) is 0 Å². The third-order valence-corrected chi connectivity index (χ3v) is 3.70. The zero-order valence-corrected chi connectivity index (χ0v) is 10.4. The number of rotatable bonds is 3. The third-order valence-electron chi connectivity index (χ3n) is 3.43. The smallest absolute Gasteiger partial charge is 0.314 e. The number of hydrogen-bond donors (Lipinski definition) is 1. The van der Waals surface area contributed by atoms with Gasteiger partial charge in [-0.25, -0.2) is 8.78 Å². The Morgan fingerprint density at radius 1 is 1.50 bits per heavy atom. The van der Waals surface area contributed by atoms with Crippen LogP contribution in [0.4, 0.5) is 8.78 Å². The molecule has 0 aromatic heterocycles. The number of methoxy groups -OCH3 is 1. The quantitative estimate of drug-likeness (QED) is 0.863. The summed E-state index contributed by atoms with van der Waals surface area (Å²) in [6.45, 7) is 0. The predicted molar refractivity (Wildman–Crippen MR) is 61.1 cm³/mol. The largest absolute Gasteiger partial charge is 0.493 e. The third kappa shape index (κ3) is 1.65. The Bertz CT molecular complexity index is 513. The summed E-state index contributed by atoms with van der Waals surface area (Å²) < 4.78 is 32.5. The van der Waals surface area contributed by atoms with Gasteiger partial charge in [0, 0.05) is 0 Å². The van der Waals surface area contributed by atoms with Crippen molar-refractivity contribution in [2.24, 2.45) is 0 Å². The number of ether oxygens (including phenoxy) is 1. The predicted octanol–water partition coefficient (Wildman–Crippen LogP) is 3.13. The van der Waals surface area contributed by atoms with Crippen LogP contribution in [0.3, 0.4) is 0 Å². The first-order chi connectivity index (χ1) is 8.44. The molecule has 18 heavy (non-hydrogen) atoms. The van der Waals surface area contributed by atoms with Crippen LogP contribution >= 0.6 is 11.6 Å². The molecule has 0 spiro atoms. The van der Waals surface area contributed by atoms with Crippen LogP contribution in [0.1, 0.15) is 24.8 Å². The summed E-state index contributed by atoms with van der Waals surface area (Å²) in [5.74, 6) is -3.34. The monoisotopic (exact) mass is 276 g/mol. The molecule has 1 N–H and O–H groups in total. The van der Waals surface area contributed by atoms with Crippen LogP contribution in [0.5, 0.6) is 5.75 Å². The summed E-state index contributed by atoms with van der Waals surface area (Å²) in [7, 11) is 1.17. The SMILES string of the molecule is COc1c(F)cc(Cl)c(F)c1C1(C(=O)O)CCC1. The van der Waals surface area contributed by atoms with E-state index >= 15 is 0 Å². The van der Waals surface area contributed by atoms with Crippen LogP contribution in [0, 0.1) is 11.6 Å². The van der Waals surface area contributed by atoms with Crippen LogP contribution in [0.25, 0.3) is 0 Å². The minimum absolute atomic E-state index is 0.245. The number of carboxylic acid groups (broad SMARTS) is 1. The minimum Gasteiger partial charge on any atom is -0.493 e. The van der Waals surface area contributed by atoms with Crippen LogP contribution < -0.4 is 4.74 Å². The van der Waals surface area contributed by atoms with Crippen molar-refractivity contribution in [2.45, 2.75) is 24.7 Å². The molecule has 1 aliphatic carbocycles. The fourth-order valence-corrected chi connectivity index (χ4v) is 2.50. The lowest BCUT2D eigenvalue weighted by Gasteiger charge is -2.39. The molecule has 1 aromatic carbocycles. The molecule has 98 valence electrons. The summed E-state index contributed by atoms with van der Waals surface area (Å²) in [6.07, 6.45) is 1.13. The van der Waals surface area contributed by atoms with E-state index in [0.29, 0.717) is 6.42 Å². The number of halogens is 3. The number of carboxylic acids is 1. The first-order valence-corrected chi connectivity index (χ1v) is 5.77. The van der Waals surface area contributed by atoms with Gasteiger partial charge in [-0.1, -0.05) is 18.0 Å². The van der Waals surface area contributed by atoms with Crippen molar-refractivity contribution in [3.63, 3.8) is 0 Å². The molecule has 1 fully saturated rings. The normalized spacial score (nSPS) is 17.1. The van der Waals surface area contributed by atoms with Crippen LogP contribution in [0.15, 0.2) is 6.07 Å². The van der Waals surface area contributed by atoms with Gasteiger partial charge in [0.25, 0.3) is 0 Å². The van der Waals surface area contributed by atoms with Crippen molar-refractivity contribution in [1.82, 2.24) is 0 Å². The van der Waals surface area contributed by atoms with Gasteiger partial charge >= 0.3 is 5.97 Å². The maximum absolute atomic E-state index is 14.1. The second-order valence-corrected chi connectivity index (χ2v) is 4.71. The average Bonchev–Trinajstić information content (AvgIpc) is 2.23. The molecule has 3 nitrogen and oxygen atoms in total. The number of hydrogen-bond acceptors (Lipinski definition) is 2. The van der Waals surface area contributed by atoms with E-state index in [1.54, 1.807) is 0 Å². The highest BCUT2D eigenvalue weighted by Gasteiger charge is 2.50. The molecule has 1 aromatic rings. The van der Waals surface area contributed by atoms with E-state index in [0.717, 1.165) is 6.07 Å². The molecule has 0 bridgehead atoms. The summed E-state index contributed by atoms with van der Waals surface area (Å²) in [4.78, 5) is 11.4. The molecule has 0 atom stereocenters. The number of carbonyl (C=O) groups is 1. The van der Waals surface area contributed by atoms with Gasteiger partial charge in [-0.05, 0) is 18.9 Å². The van der Waals surface area contributed by atoms with Gasteiger partial charge in [0.15, 0.2) is 11.6 Å². The summed E-state index contributed by atoms with van der Waals surface area (Å²) in [5.41, 5.74) is -1.71. The molecule has 0 radical (unpaired) electrons. The first-order valence-electron chi connectivity index (χ1n) is 5.39. The standard InChI is InChI=1S/C12H11ClF2O3/c1-18-10-7(14)5-6(13)9(15)8(10)12(11(16)17)3-2-4-12/h5H,2-4H2,1H3,(H,16,17). The first kappa shape index (κ1) is 13.1. The highest BCUT2D eigenvalue weighted by Crippen LogP contribution is 2.50. The lowest BCUT2D eigenvalue weighted by atomic mass is 9.64. The highest BCUT2D eigenvalue weighted by molar-refractivity contribution is 6.30. The Balaban J connectivity index is 2.72. The Kier molecular flexibility index (Phi) is 3.19. The van der Waals surface area contributed by atoms with Crippen LogP contribution in [-0.4, -0.2) is 18.2 Å². The minimum atomic E-state index is -1.43. The zero-order chi connectivity index (χ0) is 13.5. The lowest BCUT2D eigenvalue weighted by molar-refractivity contribution is -0.147. The van der Waals surface area contributed by atoms with Crippen molar-refractivity contribution in [3.8, 4) is 5.75 Å². The van der Waals surface area contributed by atoms with Crippen LogP contribution in [-0.2, 0) is 10.2 Å². The summed E-state index contributed by atoms with van der Waals surface area (Å²) in [6, 6.07) is 0.785. The van der Waals surface area contributed by atoms with E-state index < -0.39 is 28.0 Å². The second kappa shape index (κ2) is 4.39. The summed E-state index contributed by atoms with van der Waals surface area (Å²) >= 11 is 5.58. The maximum Gasteiger partial charge on any atom is 0.314 e. The topological polar surface area (TPSA) is 46.5 Å². The molecule has 0 heterocycles.